The van der Waals surface area contributed by atoms with Crippen LogP contribution in [0.1, 0.15) is 186 Å². The monoisotopic (exact) mass is 571 g/mol. The van der Waals surface area contributed by atoms with Crippen LogP contribution < -0.4 is 0 Å². The van der Waals surface area contributed by atoms with Crippen LogP contribution in [0.5, 0.6) is 5.75 Å². The average Bonchev–Trinajstić information content (AvgIpc) is 2.97. The van der Waals surface area contributed by atoms with E-state index in [-0.39, 0.29) is 11.6 Å². The maximum atomic E-state index is 13.4. The van der Waals surface area contributed by atoms with E-state index in [0.29, 0.717) is 25.0 Å². The summed E-state index contributed by atoms with van der Waals surface area (Å²) in [6.45, 7) is 8.85. The maximum Gasteiger partial charge on any atom is 0.143 e. The number of carbonyl (C=O) groups excluding carboxylic acids is 2. The number of unbranched alkanes of at least 4 members (excludes halogenated alkanes) is 16. The standard InChI is InChI=1S/C38H66O3/c1-5-9-13-17-19-21-25-33-29-32(30-34(38(33)41)26-22-20-18-14-10-6-2)31-35(36(39)27-23-15-11-7-3)37(40)28-24-16-12-8-4/h29-30,35,41H,5-28,31H2,1-4H3. The van der Waals surface area contributed by atoms with E-state index in [2.05, 4.69) is 39.8 Å². The van der Waals surface area contributed by atoms with Gasteiger partial charge in [0.05, 0.1) is 5.92 Å². The SMILES string of the molecule is CCCCCCCCc1cc(CC(C(=O)CCCCCC)C(=O)CCCCCC)cc(CCCCCCCC)c1O. The average molecular weight is 571 g/mol. The Morgan fingerprint density at radius 2 is 0.878 bits per heavy atom. The minimum Gasteiger partial charge on any atom is -0.507 e. The molecule has 0 aliphatic carbocycles. The minimum absolute atomic E-state index is 0.129. The van der Waals surface area contributed by atoms with Gasteiger partial charge in [0, 0.05) is 12.8 Å². The second-order valence-corrected chi connectivity index (χ2v) is 12.6. The fourth-order valence-electron chi connectivity index (χ4n) is 5.97. The van der Waals surface area contributed by atoms with Gasteiger partial charge in [-0.25, -0.2) is 0 Å². The van der Waals surface area contributed by atoms with Gasteiger partial charge in [0.1, 0.15) is 17.3 Å². The van der Waals surface area contributed by atoms with Crippen molar-refractivity contribution in [3.8, 4) is 5.75 Å². The number of aryl methyl sites for hydroxylation is 2. The van der Waals surface area contributed by atoms with Crippen LogP contribution in [-0.2, 0) is 28.9 Å². The fraction of sp³-hybridized carbons (Fsp3) is 0.789. The summed E-state index contributed by atoms with van der Waals surface area (Å²) in [4.78, 5) is 26.8. The molecule has 0 fully saturated rings. The van der Waals surface area contributed by atoms with Gasteiger partial charge in [-0.3, -0.25) is 9.59 Å². The summed E-state index contributed by atoms with van der Waals surface area (Å²) in [5.74, 6) is 0.185. The molecule has 236 valence electrons. The first kappa shape index (κ1) is 37.4. The van der Waals surface area contributed by atoms with E-state index in [0.717, 1.165) is 93.7 Å². The fourth-order valence-corrected chi connectivity index (χ4v) is 5.97. The molecule has 0 saturated heterocycles. The molecule has 41 heavy (non-hydrogen) atoms. The van der Waals surface area contributed by atoms with Crippen LogP contribution in [0, 0.1) is 5.92 Å². The van der Waals surface area contributed by atoms with Crippen molar-refractivity contribution in [1.29, 1.82) is 0 Å². The summed E-state index contributed by atoms with van der Waals surface area (Å²) >= 11 is 0. The molecule has 1 N–H and O–H groups in total. The van der Waals surface area contributed by atoms with Gasteiger partial charge in [-0.2, -0.15) is 0 Å². The Hall–Kier alpha value is -1.64. The minimum atomic E-state index is -0.536. The predicted octanol–water partition coefficient (Wildman–Crippen LogP) is 11.4. The van der Waals surface area contributed by atoms with Gasteiger partial charge in [-0.1, -0.05) is 143 Å². The summed E-state index contributed by atoms with van der Waals surface area (Å²) in [5.41, 5.74) is 3.10. The molecule has 0 heterocycles. The predicted molar refractivity (Wildman–Crippen MR) is 177 cm³/mol. The van der Waals surface area contributed by atoms with Crippen molar-refractivity contribution in [3.05, 3.63) is 28.8 Å². The van der Waals surface area contributed by atoms with Gasteiger partial charge in [0.2, 0.25) is 0 Å². The molecule has 0 aromatic heterocycles. The Kier molecular flexibility index (Phi) is 22.7. The second-order valence-electron chi connectivity index (χ2n) is 12.6. The molecule has 3 nitrogen and oxygen atoms in total. The number of phenolic OH excluding ortho intramolecular Hbond substituents is 1. The zero-order chi connectivity index (χ0) is 30.1. The van der Waals surface area contributed by atoms with Crippen molar-refractivity contribution in [2.24, 2.45) is 5.92 Å². The third-order valence-corrected chi connectivity index (χ3v) is 8.70. The van der Waals surface area contributed by atoms with Crippen LogP contribution in [0.4, 0.5) is 0 Å². The van der Waals surface area contributed by atoms with Crippen molar-refractivity contribution < 1.29 is 14.7 Å². The van der Waals surface area contributed by atoms with Crippen molar-refractivity contribution in [2.45, 2.75) is 188 Å². The molecule has 1 rings (SSSR count). The van der Waals surface area contributed by atoms with Crippen molar-refractivity contribution in [3.63, 3.8) is 0 Å². The molecule has 0 amide bonds. The number of ketones is 2. The van der Waals surface area contributed by atoms with E-state index < -0.39 is 5.92 Å². The Morgan fingerprint density at radius 3 is 1.27 bits per heavy atom. The largest absolute Gasteiger partial charge is 0.507 e. The van der Waals surface area contributed by atoms with Crippen molar-refractivity contribution >= 4 is 11.6 Å². The molecule has 3 heteroatoms. The van der Waals surface area contributed by atoms with E-state index in [1.807, 2.05) is 0 Å². The van der Waals surface area contributed by atoms with Crippen LogP contribution in [0.25, 0.3) is 0 Å². The highest BCUT2D eigenvalue weighted by molar-refractivity contribution is 6.02. The highest BCUT2D eigenvalue weighted by Gasteiger charge is 2.26. The molecule has 1 aromatic carbocycles. The Balaban J connectivity index is 3.07. The van der Waals surface area contributed by atoms with E-state index in [1.54, 1.807) is 0 Å². The number of rotatable bonds is 28. The van der Waals surface area contributed by atoms with Gasteiger partial charge in [-0.15, -0.1) is 0 Å². The molecule has 0 aliphatic rings. The van der Waals surface area contributed by atoms with E-state index >= 15 is 0 Å². The third-order valence-electron chi connectivity index (χ3n) is 8.70. The van der Waals surface area contributed by atoms with Crippen LogP contribution in [0.3, 0.4) is 0 Å². The lowest BCUT2D eigenvalue weighted by molar-refractivity contribution is -0.132. The molecule has 0 unspecified atom stereocenters. The van der Waals surface area contributed by atoms with Gasteiger partial charge >= 0.3 is 0 Å². The van der Waals surface area contributed by atoms with E-state index in [9.17, 15) is 14.7 Å². The first-order valence-corrected chi connectivity index (χ1v) is 17.9. The summed E-state index contributed by atoms with van der Waals surface area (Å²) in [6.07, 6.45) is 26.4. The smallest absolute Gasteiger partial charge is 0.143 e. The number of aromatic hydroxyl groups is 1. The topological polar surface area (TPSA) is 54.4 Å². The van der Waals surface area contributed by atoms with Crippen molar-refractivity contribution in [1.82, 2.24) is 0 Å². The normalized spacial score (nSPS) is 11.4. The zero-order valence-corrected chi connectivity index (χ0v) is 27.7. The summed E-state index contributed by atoms with van der Waals surface area (Å²) in [6, 6.07) is 4.24. The zero-order valence-electron chi connectivity index (χ0n) is 27.7. The molecular weight excluding hydrogens is 504 g/mol. The van der Waals surface area contributed by atoms with Gasteiger partial charge in [-0.05, 0) is 61.6 Å². The van der Waals surface area contributed by atoms with Crippen LogP contribution in [0.2, 0.25) is 0 Å². The molecule has 0 saturated carbocycles. The molecule has 0 radical (unpaired) electrons. The molecule has 0 bridgehead atoms. The number of hydrogen-bond donors (Lipinski definition) is 1. The highest BCUT2D eigenvalue weighted by atomic mass is 16.3. The number of benzene rings is 1. The van der Waals surface area contributed by atoms with E-state index in [1.165, 1.54) is 64.2 Å². The molecule has 0 atom stereocenters. The second kappa shape index (κ2) is 24.9. The number of phenols is 1. The Morgan fingerprint density at radius 1 is 0.537 bits per heavy atom. The molecule has 1 aromatic rings. The first-order valence-electron chi connectivity index (χ1n) is 17.9. The summed E-state index contributed by atoms with van der Waals surface area (Å²) < 4.78 is 0. The lowest BCUT2D eigenvalue weighted by atomic mass is 9.85. The van der Waals surface area contributed by atoms with Crippen LogP contribution >= 0.6 is 0 Å². The van der Waals surface area contributed by atoms with Crippen LogP contribution in [-0.4, -0.2) is 16.7 Å². The lowest BCUT2D eigenvalue weighted by Gasteiger charge is -2.18. The number of carbonyl (C=O) groups is 2. The summed E-state index contributed by atoms with van der Waals surface area (Å²) in [7, 11) is 0. The number of hydrogen-bond acceptors (Lipinski definition) is 3. The van der Waals surface area contributed by atoms with Crippen molar-refractivity contribution in [2.75, 3.05) is 0 Å². The Labute approximate surface area is 254 Å². The quantitative estimate of drug-likeness (QED) is 0.0805. The highest BCUT2D eigenvalue weighted by Crippen LogP contribution is 2.30. The molecule has 0 spiro atoms. The van der Waals surface area contributed by atoms with Gasteiger partial charge < -0.3 is 5.11 Å². The maximum absolute atomic E-state index is 13.4. The van der Waals surface area contributed by atoms with Crippen LogP contribution in [0.15, 0.2) is 12.1 Å². The lowest BCUT2D eigenvalue weighted by Crippen LogP contribution is -2.26. The molecule has 0 aliphatic heterocycles. The number of Topliss-reactive ketones (excluding diaryl/α,β-unsaturated/α-hetero) is 2. The summed E-state index contributed by atoms with van der Waals surface area (Å²) in [5, 5.41) is 11.2. The van der Waals surface area contributed by atoms with E-state index in [4.69, 9.17) is 0 Å². The third kappa shape index (κ3) is 17.2. The first-order chi connectivity index (χ1) is 20.0. The van der Waals surface area contributed by atoms with Gasteiger partial charge in [0.25, 0.3) is 0 Å². The van der Waals surface area contributed by atoms with Gasteiger partial charge in [0.15, 0.2) is 0 Å². The Bertz CT molecular complexity index is 751. The molecular formula is C38H66O3.